The number of carbonyl (C=O) groups is 4. The van der Waals surface area contributed by atoms with E-state index in [-0.39, 0.29) is 17.2 Å². The van der Waals surface area contributed by atoms with Crippen LogP contribution in [0.4, 0.5) is 0 Å². The number of β-lactam (4-membered cyclic amide) rings is 1. The highest BCUT2D eigenvalue weighted by atomic mass is 32.2. The molecule has 3 N–H and O–H groups in total. The molecule has 2 aromatic carbocycles. The monoisotopic (exact) mass is 630 g/mol. The van der Waals surface area contributed by atoms with Gasteiger partial charge in [-0.3, -0.25) is 14.4 Å². The zero-order valence-corrected chi connectivity index (χ0v) is 26.6. The lowest BCUT2D eigenvalue weighted by Gasteiger charge is -2.44. The van der Waals surface area contributed by atoms with Crippen molar-refractivity contribution in [2.75, 3.05) is 7.05 Å². The van der Waals surface area contributed by atoms with Crippen LogP contribution >= 0.6 is 11.8 Å². The summed E-state index contributed by atoms with van der Waals surface area (Å²) >= 11 is 1.30. The third-order valence-corrected chi connectivity index (χ3v) is 11.2. The molecule has 11 nitrogen and oxygen atoms in total. The number of thioether (sulfide) groups is 1. The number of hydrogen-bond donors (Lipinski definition) is 3. The van der Waals surface area contributed by atoms with E-state index in [0.717, 1.165) is 9.87 Å². The van der Waals surface area contributed by atoms with Crippen molar-refractivity contribution in [3.05, 3.63) is 65.7 Å². The molecule has 4 rings (SSSR count). The third kappa shape index (κ3) is 6.43. The number of nitrogens with one attached hydrogen (secondary N) is 2. The lowest BCUT2D eigenvalue weighted by atomic mass is 9.95. The number of aliphatic carboxylic acids is 1. The first kappa shape index (κ1) is 32.5. The quantitative estimate of drug-likeness (QED) is 0.320. The largest absolute Gasteiger partial charge is 0.480 e. The Bertz CT molecular complexity index is 1500. The maximum atomic E-state index is 13.8. The molecule has 2 aliphatic rings. The maximum Gasteiger partial charge on any atom is 0.327 e. The molecule has 3 unspecified atom stereocenters. The van der Waals surface area contributed by atoms with E-state index in [2.05, 4.69) is 10.6 Å². The second-order valence-electron chi connectivity index (χ2n) is 11.9. The van der Waals surface area contributed by atoms with Crippen LogP contribution in [0.25, 0.3) is 0 Å². The molecule has 232 valence electrons. The van der Waals surface area contributed by atoms with E-state index in [1.54, 1.807) is 56.3 Å². The van der Waals surface area contributed by atoms with E-state index in [1.165, 1.54) is 35.8 Å². The van der Waals surface area contributed by atoms with Gasteiger partial charge in [-0.15, -0.1) is 11.8 Å². The zero-order chi connectivity index (χ0) is 31.9. The molecule has 0 aliphatic carbocycles. The van der Waals surface area contributed by atoms with Gasteiger partial charge in [-0.25, -0.2) is 13.2 Å². The van der Waals surface area contributed by atoms with Crippen molar-refractivity contribution in [2.45, 2.75) is 80.2 Å². The molecule has 2 heterocycles. The van der Waals surface area contributed by atoms with E-state index in [0.29, 0.717) is 5.56 Å². The van der Waals surface area contributed by atoms with Crippen LogP contribution in [0.1, 0.15) is 51.3 Å². The van der Waals surface area contributed by atoms with Gasteiger partial charge >= 0.3 is 5.97 Å². The van der Waals surface area contributed by atoms with Crippen LogP contribution in [0, 0.1) is 12.8 Å². The van der Waals surface area contributed by atoms with Gasteiger partial charge in [0.05, 0.1) is 4.90 Å². The zero-order valence-electron chi connectivity index (χ0n) is 25.0. The van der Waals surface area contributed by atoms with Gasteiger partial charge < -0.3 is 20.6 Å². The minimum Gasteiger partial charge on any atom is -0.480 e. The normalized spacial score (nSPS) is 22.5. The molecule has 2 aromatic rings. The summed E-state index contributed by atoms with van der Waals surface area (Å²) in [6.07, 6.45) is 0.191. The van der Waals surface area contributed by atoms with Crippen LogP contribution in [0.15, 0.2) is 59.5 Å². The molecule has 0 radical (unpaired) electrons. The Morgan fingerprint density at radius 2 is 1.65 bits per heavy atom. The summed E-state index contributed by atoms with van der Waals surface area (Å²) in [5.41, 5.74) is 1.33. The van der Waals surface area contributed by atoms with Crippen LogP contribution in [0.3, 0.4) is 0 Å². The van der Waals surface area contributed by atoms with E-state index in [1.807, 2.05) is 20.8 Å². The predicted molar refractivity (Wildman–Crippen MR) is 162 cm³/mol. The number of carbonyl (C=O) groups excluding carboxylic acids is 3. The van der Waals surface area contributed by atoms with E-state index < -0.39 is 68.0 Å². The van der Waals surface area contributed by atoms with Crippen LogP contribution in [0.5, 0.6) is 0 Å². The first-order valence-corrected chi connectivity index (χ1v) is 16.3. The molecular formula is C30H38N4O7S2. The second kappa shape index (κ2) is 12.3. The fourth-order valence-corrected chi connectivity index (χ4v) is 8.43. The number of likely N-dealkylation sites (N-methyl/N-ethyl adjacent to an activating group) is 1. The van der Waals surface area contributed by atoms with Gasteiger partial charge in [0.15, 0.2) is 0 Å². The van der Waals surface area contributed by atoms with Gasteiger partial charge in [-0.2, -0.15) is 4.31 Å². The van der Waals surface area contributed by atoms with Gasteiger partial charge in [-0.05, 0) is 50.8 Å². The number of carboxylic acid groups (broad SMARTS) is 1. The molecule has 2 aliphatic heterocycles. The highest BCUT2D eigenvalue weighted by Crippen LogP contribution is 2.50. The van der Waals surface area contributed by atoms with Gasteiger partial charge in [0.1, 0.15) is 29.5 Å². The summed E-state index contributed by atoms with van der Waals surface area (Å²) in [5.74, 6) is -3.02. The van der Waals surface area contributed by atoms with Crippen molar-refractivity contribution in [1.29, 1.82) is 0 Å². The molecular weight excluding hydrogens is 592 g/mol. The van der Waals surface area contributed by atoms with E-state index in [9.17, 15) is 32.7 Å². The summed E-state index contributed by atoms with van der Waals surface area (Å²) in [5, 5.41) is 14.6. The lowest BCUT2D eigenvalue weighted by molar-refractivity contribution is -0.161. The number of fused-ring (bicyclic) bond motifs is 1. The van der Waals surface area contributed by atoms with Gasteiger partial charge in [0.25, 0.3) is 0 Å². The molecule has 43 heavy (non-hydrogen) atoms. The second-order valence-corrected chi connectivity index (χ2v) is 15.7. The molecule has 0 bridgehead atoms. The highest BCUT2D eigenvalue weighted by molar-refractivity contribution is 8.01. The minimum absolute atomic E-state index is 0.0456. The molecule has 2 fully saturated rings. The topological polar surface area (TPSA) is 153 Å². The number of rotatable bonds is 11. The Hall–Kier alpha value is -3.42. The molecule has 0 saturated carbocycles. The molecule has 0 aromatic heterocycles. The summed E-state index contributed by atoms with van der Waals surface area (Å²) < 4.78 is 27.3. The number of carboxylic acids is 1. The standard InChI is InChI=1S/C30H38N4O7S2/c1-17(2)16-21(33(6)43(40,41)20-14-12-18(3)13-15-20)25(35)31-22(19-10-8-7-9-11-19)26(36)32-23-27(37)34-24(29(38)39)30(4,5)42-28(23)34/h7-15,17,21-24,28H,16H2,1-6H3,(H,31,35)(H,32,36)(H,38,39)/t21?,22?,23?,24-,28+/m0/s1. The predicted octanol–water partition coefficient (Wildman–Crippen LogP) is 2.52. The first-order chi connectivity index (χ1) is 20.1. The average molecular weight is 631 g/mol. The van der Waals surface area contributed by atoms with Crippen LogP contribution < -0.4 is 10.6 Å². The Balaban J connectivity index is 1.59. The molecule has 5 atom stereocenters. The number of benzene rings is 2. The first-order valence-electron chi connectivity index (χ1n) is 14.0. The van der Waals surface area contributed by atoms with Crippen LogP contribution in [-0.4, -0.2) is 81.7 Å². The van der Waals surface area contributed by atoms with Crippen molar-refractivity contribution in [3.63, 3.8) is 0 Å². The van der Waals surface area contributed by atoms with Crippen molar-refractivity contribution in [3.8, 4) is 0 Å². The van der Waals surface area contributed by atoms with Crippen LogP contribution in [0.2, 0.25) is 0 Å². The van der Waals surface area contributed by atoms with Gasteiger partial charge in [0.2, 0.25) is 27.7 Å². The number of aryl methyl sites for hydroxylation is 1. The summed E-state index contributed by atoms with van der Waals surface area (Å²) in [4.78, 5) is 53.7. The van der Waals surface area contributed by atoms with E-state index in [4.69, 9.17) is 0 Å². The maximum absolute atomic E-state index is 13.8. The van der Waals surface area contributed by atoms with Crippen molar-refractivity contribution in [1.82, 2.24) is 19.8 Å². The number of nitrogens with zero attached hydrogens (tertiary/aromatic N) is 2. The Morgan fingerprint density at radius 1 is 1.05 bits per heavy atom. The summed E-state index contributed by atoms with van der Waals surface area (Å²) in [6.45, 7) is 9.06. The van der Waals surface area contributed by atoms with Crippen molar-refractivity contribution in [2.24, 2.45) is 5.92 Å². The van der Waals surface area contributed by atoms with E-state index >= 15 is 0 Å². The number of amides is 3. The average Bonchev–Trinajstić information content (AvgIpc) is 3.21. The van der Waals surface area contributed by atoms with Gasteiger partial charge in [0, 0.05) is 11.8 Å². The smallest absolute Gasteiger partial charge is 0.327 e. The van der Waals surface area contributed by atoms with Crippen LogP contribution in [-0.2, 0) is 29.2 Å². The Labute approximate surface area is 256 Å². The highest BCUT2D eigenvalue weighted by Gasteiger charge is 2.64. The molecule has 13 heteroatoms. The number of sulfonamides is 1. The SMILES string of the molecule is Cc1ccc(S(=O)(=O)N(C)C(CC(C)C)C(=O)NC(C(=O)NC2C(=O)N3[C@@H]2SC(C)(C)[C@@H]3C(=O)O)c2ccccc2)cc1. The Morgan fingerprint density at radius 3 is 2.21 bits per heavy atom. The summed E-state index contributed by atoms with van der Waals surface area (Å²) in [7, 11) is -2.70. The molecule has 2 saturated heterocycles. The molecule has 3 amide bonds. The van der Waals surface area contributed by atoms with Crippen molar-refractivity contribution >= 4 is 45.5 Å². The summed E-state index contributed by atoms with van der Waals surface area (Å²) in [6, 6.07) is 10.4. The fourth-order valence-electron chi connectivity index (χ4n) is 5.48. The Kier molecular flexibility index (Phi) is 9.29. The lowest BCUT2D eigenvalue weighted by Crippen LogP contribution is -2.71. The fraction of sp³-hybridized carbons (Fsp3) is 0.467. The molecule has 0 spiro atoms. The van der Waals surface area contributed by atoms with Crippen molar-refractivity contribution < 1.29 is 32.7 Å². The minimum atomic E-state index is -4.05. The third-order valence-electron chi connectivity index (χ3n) is 7.79. The number of hydrogen-bond acceptors (Lipinski definition) is 7. The van der Waals surface area contributed by atoms with Gasteiger partial charge in [-0.1, -0.05) is 61.9 Å².